The van der Waals surface area contributed by atoms with Crippen molar-refractivity contribution in [3.63, 3.8) is 0 Å². The predicted octanol–water partition coefficient (Wildman–Crippen LogP) is 3.56. The first-order valence-electron chi connectivity index (χ1n) is 10.3. The lowest BCUT2D eigenvalue weighted by molar-refractivity contribution is -0.116. The molecule has 0 saturated heterocycles. The van der Waals surface area contributed by atoms with Crippen LogP contribution in [-0.4, -0.2) is 37.0 Å². The first-order chi connectivity index (χ1) is 15.0. The zero-order valence-electron chi connectivity index (χ0n) is 17.4. The molecule has 2 aromatic carbocycles. The molecule has 1 aliphatic carbocycles. The Morgan fingerprint density at radius 1 is 1.10 bits per heavy atom. The Hall–Kier alpha value is -3.13. The monoisotopic (exact) mass is 439 g/mol. The summed E-state index contributed by atoms with van der Waals surface area (Å²) in [5, 5.41) is 7.66. The number of amides is 1. The summed E-state index contributed by atoms with van der Waals surface area (Å²) in [6.45, 7) is 0. The zero-order chi connectivity index (χ0) is 21.8. The third kappa shape index (κ3) is 4.64. The number of hydrogen-bond acceptors (Lipinski definition) is 5. The van der Waals surface area contributed by atoms with E-state index in [2.05, 4.69) is 10.4 Å². The van der Waals surface area contributed by atoms with Gasteiger partial charge >= 0.3 is 0 Å². The van der Waals surface area contributed by atoms with Crippen LogP contribution in [0.25, 0.3) is 5.69 Å². The molecule has 0 bridgehead atoms. The largest absolute Gasteiger partial charge is 0.497 e. The zero-order valence-corrected chi connectivity index (χ0v) is 18.2. The van der Waals surface area contributed by atoms with Crippen LogP contribution in [0.1, 0.15) is 30.5 Å². The standard InChI is InChI=1S/C23H25N3O4S/c1-30-18-12-14-19(15-13-18)31(28,29)16-6-11-22(27)24-23-20-9-5-10-21(20)25-26(23)17-7-3-2-4-8-17/h2-4,7-8,12-15H,5-6,9-11,16H2,1H3,(H,24,27). The summed E-state index contributed by atoms with van der Waals surface area (Å²) in [6, 6.07) is 16.0. The molecule has 162 valence electrons. The molecule has 1 N–H and O–H groups in total. The predicted molar refractivity (Wildman–Crippen MR) is 118 cm³/mol. The number of para-hydroxylation sites is 1. The highest BCUT2D eigenvalue weighted by atomic mass is 32.2. The summed E-state index contributed by atoms with van der Waals surface area (Å²) in [5.74, 6) is 0.988. The number of methoxy groups -OCH3 is 1. The van der Waals surface area contributed by atoms with Crippen LogP contribution in [0.5, 0.6) is 5.75 Å². The van der Waals surface area contributed by atoms with Crippen molar-refractivity contribution in [1.29, 1.82) is 0 Å². The molecule has 0 atom stereocenters. The second-order valence-electron chi connectivity index (χ2n) is 7.52. The van der Waals surface area contributed by atoms with Crippen molar-refractivity contribution in [3.05, 3.63) is 65.9 Å². The summed E-state index contributed by atoms with van der Waals surface area (Å²) in [4.78, 5) is 12.9. The lowest BCUT2D eigenvalue weighted by atomic mass is 10.2. The first kappa shape index (κ1) is 21.1. The van der Waals surface area contributed by atoms with E-state index in [9.17, 15) is 13.2 Å². The number of sulfone groups is 1. The van der Waals surface area contributed by atoms with Crippen LogP contribution in [0.15, 0.2) is 59.5 Å². The quantitative estimate of drug-likeness (QED) is 0.580. The molecule has 1 aromatic heterocycles. The van der Waals surface area contributed by atoms with Crippen molar-refractivity contribution in [2.75, 3.05) is 18.2 Å². The third-order valence-electron chi connectivity index (χ3n) is 5.40. The van der Waals surface area contributed by atoms with E-state index in [1.807, 2.05) is 30.3 Å². The number of aromatic nitrogens is 2. The van der Waals surface area contributed by atoms with Crippen LogP contribution in [0.3, 0.4) is 0 Å². The Morgan fingerprint density at radius 2 is 1.84 bits per heavy atom. The molecule has 0 spiro atoms. The van der Waals surface area contributed by atoms with E-state index in [1.54, 1.807) is 16.8 Å². The summed E-state index contributed by atoms with van der Waals surface area (Å²) in [6.07, 6.45) is 3.16. The lowest BCUT2D eigenvalue weighted by Gasteiger charge is -2.11. The molecule has 0 saturated carbocycles. The highest BCUT2D eigenvalue weighted by Gasteiger charge is 2.24. The fraction of sp³-hybridized carbons (Fsp3) is 0.304. The van der Waals surface area contributed by atoms with Gasteiger partial charge in [-0.25, -0.2) is 13.1 Å². The van der Waals surface area contributed by atoms with E-state index in [0.717, 1.165) is 36.2 Å². The first-order valence-corrected chi connectivity index (χ1v) is 12.0. The Kier molecular flexibility index (Phi) is 6.08. The van der Waals surface area contributed by atoms with Gasteiger partial charge in [0.15, 0.2) is 9.84 Å². The molecule has 4 rings (SSSR count). The van der Waals surface area contributed by atoms with Gasteiger partial charge in [-0.3, -0.25) is 4.79 Å². The molecule has 3 aromatic rings. The van der Waals surface area contributed by atoms with Crippen molar-refractivity contribution in [2.24, 2.45) is 0 Å². The molecule has 8 heteroatoms. The smallest absolute Gasteiger partial charge is 0.225 e. The molecule has 0 fully saturated rings. The van der Waals surface area contributed by atoms with Crippen molar-refractivity contribution in [2.45, 2.75) is 37.0 Å². The van der Waals surface area contributed by atoms with Crippen LogP contribution in [0.2, 0.25) is 0 Å². The van der Waals surface area contributed by atoms with Gasteiger partial charge in [-0.1, -0.05) is 18.2 Å². The molecule has 7 nitrogen and oxygen atoms in total. The number of fused-ring (bicyclic) bond motifs is 1. The maximum atomic E-state index is 12.6. The van der Waals surface area contributed by atoms with Crippen LogP contribution < -0.4 is 10.1 Å². The van der Waals surface area contributed by atoms with E-state index >= 15 is 0 Å². The molecular weight excluding hydrogens is 414 g/mol. The van der Waals surface area contributed by atoms with Gasteiger partial charge in [-0.15, -0.1) is 0 Å². The third-order valence-corrected chi connectivity index (χ3v) is 7.22. The number of carbonyl (C=O) groups excluding carboxylic acids is 1. The molecule has 31 heavy (non-hydrogen) atoms. The Labute approximate surface area is 182 Å². The van der Waals surface area contributed by atoms with Gasteiger partial charge in [0.25, 0.3) is 0 Å². The topological polar surface area (TPSA) is 90.3 Å². The highest BCUT2D eigenvalue weighted by molar-refractivity contribution is 7.91. The fourth-order valence-corrected chi connectivity index (χ4v) is 5.11. The Morgan fingerprint density at radius 3 is 2.55 bits per heavy atom. The summed E-state index contributed by atoms with van der Waals surface area (Å²) >= 11 is 0. The number of benzene rings is 2. The number of anilines is 1. The maximum Gasteiger partial charge on any atom is 0.225 e. The van der Waals surface area contributed by atoms with Gasteiger partial charge < -0.3 is 10.1 Å². The number of ether oxygens (including phenoxy) is 1. The molecule has 0 unspecified atom stereocenters. The van der Waals surface area contributed by atoms with E-state index < -0.39 is 9.84 Å². The molecule has 0 aliphatic heterocycles. The minimum atomic E-state index is -3.46. The van der Waals surface area contributed by atoms with Gasteiger partial charge in [0, 0.05) is 12.0 Å². The Bertz CT molecular complexity index is 1170. The average Bonchev–Trinajstić information content (AvgIpc) is 3.37. The van der Waals surface area contributed by atoms with E-state index in [-0.39, 0.29) is 29.4 Å². The second kappa shape index (κ2) is 8.93. The number of aryl methyl sites for hydroxylation is 1. The van der Waals surface area contributed by atoms with Crippen molar-refractivity contribution in [1.82, 2.24) is 9.78 Å². The summed E-state index contributed by atoms with van der Waals surface area (Å²) < 4.78 is 31.9. The van der Waals surface area contributed by atoms with Crippen LogP contribution in [0, 0.1) is 0 Å². The molecule has 1 heterocycles. The second-order valence-corrected chi connectivity index (χ2v) is 9.63. The van der Waals surface area contributed by atoms with Crippen LogP contribution in [-0.2, 0) is 27.5 Å². The maximum absolute atomic E-state index is 12.6. The molecule has 1 aliphatic rings. The summed E-state index contributed by atoms with van der Waals surface area (Å²) in [5.41, 5.74) is 2.97. The number of nitrogens with one attached hydrogen (secondary N) is 1. The average molecular weight is 440 g/mol. The normalized spacial score (nSPS) is 13.1. The minimum Gasteiger partial charge on any atom is -0.497 e. The molecule has 1 amide bonds. The van der Waals surface area contributed by atoms with Crippen LogP contribution in [0.4, 0.5) is 5.82 Å². The number of nitrogens with zero attached hydrogens (tertiary/aromatic N) is 2. The fourth-order valence-electron chi connectivity index (χ4n) is 3.79. The van der Waals surface area contributed by atoms with E-state index in [1.165, 1.54) is 19.2 Å². The number of carbonyl (C=O) groups is 1. The summed E-state index contributed by atoms with van der Waals surface area (Å²) in [7, 11) is -1.93. The molecule has 0 radical (unpaired) electrons. The Balaban J connectivity index is 1.41. The van der Waals surface area contributed by atoms with Gasteiger partial charge in [0.05, 0.1) is 29.1 Å². The number of rotatable bonds is 8. The van der Waals surface area contributed by atoms with E-state index in [0.29, 0.717) is 11.6 Å². The number of hydrogen-bond donors (Lipinski definition) is 1. The van der Waals surface area contributed by atoms with E-state index in [4.69, 9.17) is 4.74 Å². The minimum absolute atomic E-state index is 0.0944. The van der Waals surface area contributed by atoms with Crippen LogP contribution >= 0.6 is 0 Å². The van der Waals surface area contributed by atoms with Gasteiger partial charge in [-0.2, -0.15) is 5.10 Å². The van der Waals surface area contributed by atoms with Gasteiger partial charge in [0.2, 0.25) is 5.91 Å². The lowest BCUT2D eigenvalue weighted by Crippen LogP contribution is -2.17. The van der Waals surface area contributed by atoms with Crippen molar-refractivity contribution < 1.29 is 17.9 Å². The van der Waals surface area contributed by atoms with Gasteiger partial charge in [0.1, 0.15) is 11.6 Å². The van der Waals surface area contributed by atoms with Crippen molar-refractivity contribution >= 4 is 21.6 Å². The molecular formula is C23H25N3O4S. The highest BCUT2D eigenvalue weighted by Crippen LogP contribution is 2.31. The SMILES string of the molecule is COc1ccc(S(=O)(=O)CCCC(=O)Nc2c3c(nn2-c2ccccc2)CCC3)cc1. The van der Waals surface area contributed by atoms with Gasteiger partial charge in [-0.05, 0) is 62.1 Å². The van der Waals surface area contributed by atoms with Crippen molar-refractivity contribution in [3.8, 4) is 11.4 Å².